The van der Waals surface area contributed by atoms with Crippen LogP contribution >= 0.6 is 0 Å². The Morgan fingerprint density at radius 1 is 0.852 bits per heavy atom. The van der Waals surface area contributed by atoms with Crippen molar-refractivity contribution in [2.24, 2.45) is 5.92 Å². The first kappa shape index (κ1) is 39.5. The van der Waals surface area contributed by atoms with Crippen molar-refractivity contribution in [2.45, 2.75) is 45.1 Å². The van der Waals surface area contributed by atoms with Gasteiger partial charge < -0.3 is 19.3 Å². The van der Waals surface area contributed by atoms with Gasteiger partial charge in [-0.3, -0.25) is 29.4 Å². The van der Waals surface area contributed by atoms with Gasteiger partial charge in [-0.05, 0) is 68.1 Å². The summed E-state index contributed by atoms with van der Waals surface area (Å²) in [6, 6.07) is 21.8. The van der Waals surface area contributed by atoms with Crippen LogP contribution in [0.1, 0.15) is 63.1 Å². The van der Waals surface area contributed by atoms with Gasteiger partial charge in [0.15, 0.2) is 5.82 Å². The third-order valence-corrected chi connectivity index (χ3v) is 11.5. The number of ether oxygens (including phenoxy) is 2. The number of piperidine rings is 2. The molecule has 1 atom stereocenters. The van der Waals surface area contributed by atoms with Crippen LogP contribution in [-0.2, 0) is 20.7 Å². The Morgan fingerprint density at radius 2 is 1.61 bits per heavy atom. The third kappa shape index (κ3) is 8.44. The van der Waals surface area contributed by atoms with Crippen LogP contribution in [0.2, 0.25) is 0 Å². The Kier molecular flexibility index (Phi) is 11.0. The number of hydrogen-bond acceptors (Lipinski definition) is 11. The van der Waals surface area contributed by atoms with E-state index in [1.54, 1.807) is 4.68 Å². The molecule has 1 N–H and O–H groups in total. The van der Waals surface area contributed by atoms with Crippen molar-refractivity contribution in [1.82, 2.24) is 30.0 Å². The maximum atomic E-state index is 15.4. The van der Waals surface area contributed by atoms with Crippen molar-refractivity contribution in [2.75, 3.05) is 55.8 Å². The minimum absolute atomic E-state index is 0.0112. The maximum absolute atomic E-state index is 15.4. The fourth-order valence-corrected chi connectivity index (χ4v) is 8.13. The minimum atomic E-state index is -1.11. The summed E-state index contributed by atoms with van der Waals surface area (Å²) in [4.78, 5) is 64.8. The second-order valence-corrected chi connectivity index (χ2v) is 15.6. The molecule has 1 unspecified atom stereocenters. The van der Waals surface area contributed by atoms with Gasteiger partial charge in [0.05, 0.1) is 42.3 Å². The van der Waals surface area contributed by atoms with Crippen LogP contribution in [0, 0.1) is 30.5 Å². The Balaban J connectivity index is 0.799. The number of imide groups is 2. The largest absolute Gasteiger partial charge is 0.463 e. The minimum Gasteiger partial charge on any atom is -0.463 e. The molecule has 3 saturated heterocycles. The van der Waals surface area contributed by atoms with E-state index in [0.29, 0.717) is 58.0 Å². The fraction of sp³-hybridized carbons (Fsp3) is 0.326. The second-order valence-electron chi connectivity index (χ2n) is 15.6. The van der Waals surface area contributed by atoms with Crippen molar-refractivity contribution >= 4 is 35.1 Å². The standard InChI is InChI=1S/C46H43FN8O6/c1-29-3-2-4-33(25-29)37-15-19-54(51-37)41-28-40(53-20-23-60-24-21-53)48-46(49-41)61-22-16-31-8-5-30(6-9-31)7-10-32-13-17-52(18-14-32)39-27-35-34(26-36(39)47)44(58)55(45(35)59)38-11-12-42(56)50-43(38)57/h2-6,8-9,15,19,25-28,32,38H,11-14,16-18,20-24H2,1H3,(H,50,56,57). The van der Waals surface area contributed by atoms with E-state index in [9.17, 15) is 19.2 Å². The van der Waals surface area contributed by atoms with Gasteiger partial charge in [-0.15, -0.1) is 0 Å². The van der Waals surface area contributed by atoms with Crippen molar-refractivity contribution in [3.63, 3.8) is 0 Å². The zero-order chi connectivity index (χ0) is 42.0. The van der Waals surface area contributed by atoms with Crippen LogP contribution in [0.3, 0.4) is 0 Å². The van der Waals surface area contributed by atoms with E-state index in [0.717, 1.165) is 57.8 Å². The fourth-order valence-electron chi connectivity index (χ4n) is 8.13. The lowest BCUT2D eigenvalue weighted by Gasteiger charge is -2.32. The van der Waals surface area contributed by atoms with E-state index in [2.05, 4.69) is 41.1 Å². The quantitative estimate of drug-likeness (QED) is 0.160. The predicted molar refractivity (Wildman–Crippen MR) is 223 cm³/mol. The van der Waals surface area contributed by atoms with Gasteiger partial charge in [-0.2, -0.15) is 15.1 Å². The van der Waals surface area contributed by atoms with Crippen molar-refractivity contribution < 1.29 is 33.0 Å². The average molecular weight is 823 g/mol. The molecule has 5 aromatic rings. The van der Waals surface area contributed by atoms with Gasteiger partial charge in [-0.25, -0.2) is 9.07 Å². The van der Waals surface area contributed by atoms with Crippen molar-refractivity contribution in [1.29, 1.82) is 0 Å². The number of amides is 4. The number of rotatable bonds is 9. The molecule has 0 saturated carbocycles. The summed E-state index contributed by atoms with van der Waals surface area (Å²) in [6.45, 7) is 6.15. The van der Waals surface area contributed by atoms with Gasteiger partial charge in [0.25, 0.3) is 11.8 Å². The van der Waals surface area contributed by atoms with Crippen LogP contribution < -0.4 is 19.9 Å². The summed E-state index contributed by atoms with van der Waals surface area (Å²) in [6.07, 6.45) is 3.97. The Bertz CT molecular complexity index is 2590. The number of carbonyl (C=O) groups excluding carboxylic acids is 4. The molecule has 61 heavy (non-hydrogen) atoms. The van der Waals surface area contributed by atoms with Gasteiger partial charge in [-0.1, -0.05) is 47.7 Å². The lowest BCUT2D eigenvalue weighted by Crippen LogP contribution is -2.54. The van der Waals surface area contributed by atoms with Crippen LogP contribution in [0.15, 0.2) is 79.0 Å². The highest BCUT2D eigenvalue weighted by Crippen LogP contribution is 2.34. The molecule has 6 heterocycles. The van der Waals surface area contributed by atoms with E-state index < -0.39 is 35.5 Å². The normalized spacial score (nSPS) is 18.2. The van der Waals surface area contributed by atoms with Crippen molar-refractivity contribution in [3.8, 4) is 34.9 Å². The topological polar surface area (TPSA) is 152 Å². The molecule has 4 aliphatic rings. The number of nitrogens with zero attached hydrogens (tertiary/aromatic N) is 7. The first-order chi connectivity index (χ1) is 29.7. The van der Waals surface area contributed by atoms with Gasteiger partial charge >= 0.3 is 6.01 Å². The van der Waals surface area contributed by atoms with E-state index in [1.807, 2.05) is 59.6 Å². The summed E-state index contributed by atoms with van der Waals surface area (Å²) in [7, 11) is 0. The first-order valence-electron chi connectivity index (χ1n) is 20.5. The van der Waals surface area contributed by atoms with Crippen molar-refractivity contribution in [3.05, 3.63) is 113 Å². The average Bonchev–Trinajstić information content (AvgIpc) is 3.86. The predicted octanol–water partition coefficient (Wildman–Crippen LogP) is 4.90. The first-order valence-corrected chi connectivity index (χ1v) is 20.5. The molecule has 9 rings (SSSR count). The number of nitrogens with one attached hydrogen (secondary N) is 1. The third-order valence-electron chi connectivity index (χ3n) is 11.5. The molecule has 0 radical (unpaired) electrons. The maximum Gasteiger partial charge on any atom is 0.320 e. The smallest absolute Gasteiger partial charge is 0.320 e. The SMILES string of the molecule is Cc1cccc(-c2ccn(-c3cc(N4CCOCC4)nc(OCCc4ccc(C#CC5CCN(c6cc7c(cc6F)C(=O)N(C6CCC(=O)NC6=O)C7=O)CC5)cc4)n3)n2)c1. The number of carbonyl (C=O) groups is 4. The number of aryl methyl sites for hydroxylation is 1. The summed E-state index contributed by atoms with van der Waals surface area (Å²) in [5.41, 5.74) is 5.22. The highest BCUT2D eigenvalue weighted by Gasteiger charge is 2.45. The zero-order valence-corrected chi connectivity index (χ0v) is 33.6. The van der Waals surface area contributed by atoms with E-state index in [-0.39, 0.29) is 41.6 Å². The Morgan fingerprint density at radius 3 is 2.36 bits per heavy atom. The lowest BCUT2D eigenvalue weighted by atomic mass is 9.96. The van der Waals surface area contributed by atoms with Crippen LogP contribution in [0.25, 0.3) is 17.1 Å². The molecule has 4 aliphatic heterocycles. The number of anilines is 2. The molecule has 0 bridgehead atoms. The highest BCUT2D eigenvalue weighted by atomic mass is 19.1. The van der Waals surface area contributed by atoms with E-state index >= 15 is 4.39 Å². The molecule has 2 aromatic heterocycles. The van der Waals surface area contributed by atoms with Crippen LogP contribution in [-0.4, -0.2) is 100 Å². The molecule has 3 aromatic carbocycles. The molecule has 310 valence electrons. The molecule has 0 aliphatic carbocycles. The van der Waals surface area contributed by atoms with Gasteiger partial charge in [0, 0.05) is 68.3 Å². The Hall–Kier alpha value is -6.92. The number of aromatic nitrogens is 4. The number of fused-ring (bicyclic) bond motifs is 1. The molecule has 0 spiro atoms. The molecular weight excluding hydrogens is 780 g/mol. The molecule has 15 heteroatoms. The van der Waals surface area contributed by atoms with Crippen LogP contribution in [0.4, 0.5) is 15.9 Å². The molecule has 3 fully saturated rings. The van der Waals surface area contributed by atoms with E-state index in [4.69, 9.17) is 24.5 Å². The van der Waals surface area contributed by atoms with Gasteiger partial charge in [0.2, 0.25) is 11.8 Å². The molecular formula is C46H43FN8O6. The summed E-state index contributed by atoms with van der Waals surface area (Å²) in [5, 5.41) is 6.99. The number of hydrogen-bond donors (Lipinski definition) is 1. The highest BCUT2D eigenvalue weighted by molar-refractivity contribution is 6.23. The number of halogens is 1. The molecule has 14 nitrogen and oxygen atoms in total. The van der Waals surface area contributed by atoms with E-state index in [1.165, 1.54) is 6.07 Å². The summed E-state index contributed by atoms with van der Waals surface area (Å²) >= 11 is 0. The van der Waals surface area contributed by atoms with Crippen LogP contribution in [0.5, 0.6) is 6.01 Å². The Labute approximate surface area is 351 Å². The number of morpholine rings is 1. The van der Waals surface area contributed by atoms with Gasteiger partial charge in [0.1, 0.15) is 17.7 Å². The summed E-state index contributed by atoms with van der Waals surface area (Å²) in [5.74, 6) is 4.98. The second kappa shape index (κ2) is 17.0. The number of benzene rings is 3. The lowest BCUT2D eigenvalue weighted by molar-refractivity contribution is -0.136. The monoisotopic (exact) mass is 822 g/mol. The zero-order valence-electron chi connectivity index (χ0n) is 33.6. The summed E-state index contributed by atoms with van der Waals surface area (Å²) < 4.78 is 28.9. The molecule has 4 amide bonds.